The molecule has 0 aliphatic carbocycles. The van der Waals surface area contributed by atoms with Crippen molar-refractivity contribution in [2.24, 2.45) is 0 Å². The first-order chi connectivity index (χ1) is 21.7. The van der Waals surface area contributed by atoms with Gasteiger partial charge in [-0.15, -0.1) is 0 Å². The molecular weight excluding hydrogens is 588 g/mol. The zero-order chi connectivity index (χ0) is 32.8. The Hall–Kier alpha value is -4.68. The predicted octanol–water partition coefficient (Wildman–Crippen LogP) is 5.31. The molecule has 0 spiro atoms. The Bertz CT molecular complexity index is 1660. The molecule has 3 aromatic heterocycles. The van der Waals surface area contributed by atoms with E-state index in [0.29, 0.717) is 56.7 Å². The topological polar surface area (TPSA) is 135 Å². The van der Waals surface area contributed by atoms with Crippen LogP contribution in [0.3, 0.4) is 0 Å². The van der Waals surface area contributed by atoms with Crippen LogP contribution in [0.5, 0.6) is 5.88 Å². The van der Waals surface area contributed by atoms with Gasteiger partial charge in [0, 0.05) is 37.0 Å². The van der Waals surface area contributed by atoms with E-state index < -0.39 is 17.3 Å². The second kappa shape index (κ2) is 11.9. The highest BCUT2D eigenvalue weighted by Crippen LogP contribution is 2.40. The van der Waals surface area contributed by atoms with E-state index in [4.69, 9.17) is 19.2 Å². The Balaban J connectivity index is 1.19. The molecule has 3 aromatic rings. The third kappa shape index (κ3) is 6.77. The van der Waals surface area contributed by atoms with Crippen molar-refractivity contribution in [3.8, 4) is 5.88 Å². The molecular formula is C33H42N8O5. The van der Waals surface area contributed by atoms with Crippen LogP contribution in [-0.2, 0) is 35.4 Å². The smallest absolute Gasteiger partial charge is 0.415 e. The summed E-state index contributed by atoms with van der Waals surface area (Å²) in [6.45, 7) is 16.2. The molecule has 0 aromatic carbocycles. The molecule has 244 valence electrons. The van der Waals surface area contributed by atoms with E-state index in [1.807, 2.05) is 60.7 Å². The van der Waals surface area contributed by atoms with Crippen molar-refractivity contribution in [3.63, 3.8) is 0 Å². The van der Waals surface area contributed by atoms with Gasteiger partial charge in [-0.05, 0) is 72.1 Å². The summed E-state index contributed by atoms with van der Waals surface area (Å²) in [6.07, 6.45) is 6.13. The van der Waals surface area contributed by atoms with Crippen LogP contribution in [0.2, 0.25) is 0 Å². The molecule has 13 heteroatoms. The normalized spacial score (nSPS) is 16.1. The molecule has 0 atom stereocenters. The molecule has 0 saturated heterocycles. The zero-order valence-corrected chi connectivity index (χ0v) is 27.6. The van der Waals surface area contributed by atoms with Crippen molar-refractivity contribution in [3.05, 3.63) is 52.7 Å². The summed E-state index contributed by atoms with van der Waals surface area (Å²) in [5.41, 5.74) is 5.94. The Morgan fingerprint density at radius 1 is 0.848 bits per heavy atom. The molecule has 3 aliphatic rings. The Morgan fingerprint density at radius 3 is 2.37 bits per heavy atom. The summed E-state index contributed by atoms with van der Waals surface area (Å²) >= 11 is 0. The van der Waals surface area contributed by atoms with E-state index >= 15 is 0 Å². The van der Waals surface area contributed by atoms with Crippen LogP contribution in [0.1, 0.15) is 69.6 Å². The number of rotatable bonds is 3. The lowest BCUT2D eigenvalue weighted by molar-refractivity contribution is 0.0222. The van der Waals surface area contributed by atoms with Crippen molar-refractivity contribution >= 4 is 35.2 Å². The molecule has 1 N–H and O–H groups in total. The van der Waals surface area contributed by atoms with Gasteiger partial charge in [-0.3, -0.25) is 9.88 Å². The molecule has 46 heavy (non-hydrogen) atoms. The van der Waals surface area contributed by atoms with E-state index in [0.717, 1.165) is 52.4 Å². The third-order valence-electron chi connectivity index (χ3n) is 7.92. The summed E-state index contributed by atoms with van der Waals surface area (Å²) in [4.78, 5) is 50.0. The number of amides is 2. The van der Waals surface area contributed by atoms with Gasteiger partial charge < -0.3 is 29.3 Å². The number of hydrogen-bond donors (Lipinski definition) is 1. The van der Waals surface area contributed by atoms with Crippen LogP contribution in [-0.4, -0.2) is 74.5 Å². The number of anilines is 4. The lowest BCUT2D eigenvalue weighted by Crippen LogP contribution is -2.42. The van der Waals surface area contributed by atoms with Crippen LogP contribution in [0, 0.1) is 6.92 Å². The lowest BCUT2D eigenvalue weighted by atomic mass is 10.0. The van der Waals surface area contributed by atoms with Gasteiger partial charge in [-0.2, -0.15) is 0 Å². The van der Waals surface area contributed by atoms with Gasteiger partial charge in [0.1, 0.15) is 23.5 Å². The van der Waals surface area contributed by atoms with Crippen LogP contribution in [0.15, 0.2) is 24.7 Å². The largest absolute Gasteiger partial charge is 0.474 e. The molecule has 0 bridgehead atoms. The number of pyridine rings is 2. The average Bonchev–Trinajstić information content (AvgIpc) is 2.98. The van der Waals surface area contributed by atoms with Gasteiger partial charge in [0.15, 0.2) is 0 Å². The fraction of sp³-hybridized carbons (Fsp3) is 0.515. The van der Waals surface area contributed by atoms with Gasteiger partial charge in [-0.25, -0.2) is 24.5 Å². The first-order valence-corrected chi connectivity index (χ1v) is 15.7. The number of aromatic nitrogens is 4. The van der Waals surface area contributed by atoms with Gasteiger partial charge in [0.05, 0.1) is 49.1 Å². The number of ether oxygens (including phenoxy) is 3. The van der Waals surface area contributed by atoms with E-state index in [1.54, 1.807) is 22.2 Å². The number of carbonyl (C=O) groups is 2. The summed E-state index contributed by atoms with van der Waals surface area (Å²) in [5, 5.41) is 3.31. The summed E-state index contributed by atoms with van der Waals surface area (Å²) < 4.78 is 17.1. The summed E-state index contributed by atoms with van der Waals surface area (Å²) in [6, 6.07) is 1.99. The highest BCUT2D eigenvalue weighted by atomic mass is 16.6. The lowest BCUT2D eigenvalue weighted by Gasteiger charge is -2.35. The maximum atomic E-state index is 13.1. The standard InChI is InChI=1S/C33H42N8O5/c1-20-26(17-35-28-27(20)41(12-13-44-28)31(43)46-33(5,6)7)39-10-8-21-15-36-29(38-25(21)19-39)37-23-14-22-18-40(11-9-24(22)34-16-23)30(42)45-32(2,3)4/h14-17H,8-13,18-19H2,1-7H3,(H,36,37,38). The van der Waals surface area contributed by atoms with Crippen LogP contribution in [0.25, 0.3) is 0 Å². The molecule has 0 saturated carbocycles. The van der Waals surface area contributed by atoms with Gasteiger partial charge in [-0.1, -0.05) is 0 Å². The molecule has 0 radical (unpaired) electrons. The number of hydrogen-bond acceptors (Lipinski definition) is 11. The first kappa shape index (κ1) is 31.3. The monoisotopic (exact) mass is 630 g/mol. The van der Waals surface area contributed by atoms with Gasteiger partial charge in [0.25, 0.3) is 0 Å². The molecule has 0 fully saturated rings. The second-order valence-corrected chi connectivity index (χ2v) is 13.8. The van der Waals surface area contributed by atoms with Crippen LogP contribution >= 0.6 is 0 Å². The Labute approximate surface area is 269 Å². The van der Waals surface area contributed by atoms with E-state index in [2.05, 4.69) is 25.2 Å². The number of nitrogens with zero attached hydrogens (tertiary/aromatic N) is 7. The summed E-state index contributed by atoms with van der Waals surface area (Å²) in [5.74, 6) is 0.893. The average molecular weight is 631 g/mol. The van der Waals surface area contributed by atoms with Crippen molar-refractivity contribution < 1.29 is 23.8 Å². The van der Waals surface area contributed by atoms with E-state index in [9.17, 15) is 9.59 Å². The fourth-order valence-corrected chi connectivity index (χ4v) is 5.82. The Kier molecular flexibility index (Phi) is 8.11. The molecule has 0 unspecified atom stereocenters. The maximum absolute atomic E-state index is 13.1. The quantitative estimate of drug-likeness (QED) is 0.403. The number of carbonyl (C=O) groups excluding carboxylic acids is 2. The first-order valence-electron chi connectivity index (χ1n) is 15.7. The van der Waals surface area contributed by atoms with Crippen LogP contribution < -0.4 is 19.9 Å². The van der Waals surface area contributed by atoms with Crippen molar-refractivity contribution in [2.45, 2.75) is 85.6 Å². The SMILES string of the molecule is Cc1c(N2CCc3cnc(Nc4cnc5c(c4)CN(C(=O)OC(C)(C)C)CC5)nc3C2)cnc2c1N(C(=O)OC(C)(C)C)CCO2. The molecule has 13 nitrogen and oxygen atoms in total. The highest BCUT2D eigenvalue weighted by molar-refractivity contribution is 5.92. The molecule has 6 heterocycles. The van der Waals surface area contributed by atoms with E-state index in [-0.39, 0.29) is 6.09 Å². The van der Waals surface area contributed by atoms with Gasteiger partial charge in [0.2, 0.25) is 11.8 Å². The zero-order valence-electron chi connectivity index (χ0n) is 27.6. The minimum absolute atomic E-state index is 0.325. The fourth-order valence-electron chi connectivity index (χ4n) is 5.82. The van der Waals surface area contributed by atoms with Crippen molar-refractivity contribution in [1.82, 2.24) is 24.8 Å². The number of nitrogens with one attached hydrogen (secondary N) is 1. The van der Waals surface area contributed by atoms with Crippen molar-refractivity contribution in [1.29, 1.82) is 0 Å². The second-order valence-electron chi connectivity index (χ2n) is 13.8. The minimum atomic E-state index is -0.619. The highest BCUT2D eigenvalue weighted by Gasteiger charge is 2.33. The van der Waals surface area contributed by atoms with Crippen molar-refractivity contribution in [2.75, 3.05) is 41.4 Å². The molecule has 3 aliphatic heterocycles. The number of fused-ring (bicyclic) bond motifs is 3. The predicted molar refractivity (Wildman–Crippen MR) is 173 cm³/mol. The van der Waals surface area contributed by atoms with E-state index in [1.165, 1.54) is 0 Å². The maximum Gasteiger partial charge on any atom is 0.415 e. The summed E-state index contributed by atoms with van der Waals surface area (Å²) in [7, 11) is 0. The molecule has 2 amide bonds. The molecule has 6 rings (SSSR count). The minimum Gasteiger partial charge on any atom is -0.474 e. The third-order valence-corrected chi connectivity index (χ3v) is 7.92. The van der Waals surface area contributed by atoms with Crippen LogP contribution in [0.4, 0.5) is 32.6 Å². The van der Waals surface area contributed by atoms with Gasteiger partial charge >= 0.3 is 12.2 Å². The Morgan fingerprint density at radius 2 is 1.61 bits per heavy atom.